The van der Waals surface area contributed by atoms with E-state index < -0.39 is 0 Å². The zero-order valence-corrected chi connectivity index (χ0v) is 19.8. The summed E-state index contributed by atoms with van der Waals surface area (Å²) in [7, 11) is 0. The van der Waals surface area contributed by atoms with Gasteiger partial charge in [-0.2, -0.15) is 0 Å². The lowest BCUT2D eigenvalue weighted by Gasteiger charge is -2.37. The number of benzene rings is 1. The fourth-order valence-corrected chi connectivity index (χ4v) is 5.85. The zero-order chi connectivity index (χ0) is 22.1. The van der Waals surface area contributed by atoms with Crippen LogP contribution in [0.2, 0.25) is 5.02 Å². The van der Waals surface area contributed by atoms with Crippen LogP contribution in [0, 0.1) is 0 Å². The summed E-state index contributed by atoms with van der Waals surface area (Å²) in [5.41, 5.74) is 1.14. The monoisotopic (exact) mass is 486 g/mol. The van der Waals surface area contributed by atoms with Crippen molar-refractivity contribution in [1.29, 1.82) is 0 Å². The van der Waals surface area contributed by atoms with Gasteiger partial charge < -0.3 is 14.5 Å². The van der Waals surface area contributed by atoms with E-state index in [4.69, 9.17) is 16.3 Å². The number of hydrogen-bond donors (Lipinski definition) is 0. The normalized spacial score (nSPS) is 17.7. The standard InChI is InChI=1S/C24H23ClN2O3S2/c25-16-3-7-18(8-4-16)30-15-20-19-10-13-32-21(19)9-11-26(20)23(28)14-27(17-5-6-17)24(29)22-2-1-12-31-22/h1-4,7-8,10,12-13,17,20H,5-6,9,11,14-15H2/t20-/m0/s1. The fraction of sp³-hybridized carbons (Fsp3) is 0.333. The summed E-state index contributed by atoms with van der Waals surface area (Å²) in [4.78, 5) is 32.1. The molecule has 2 amide bonds. The molecule has 2 aromatic heterocycles. The van der Waals surface area contributed by atoms with Crippen LogP contribution in [0.5, 0.6) is 5.75 Å². The van der Waals surface area contributed by atoms with Gasteiger partial charge in [0.2, 0.25) is 5.91 Å². The molecule has 0 spiro atoms. The summed E-state index contributed by atoms with van der Waals surface area (Å²) in [6.07, 6.45) is 2.75. The van der Waals surface area contributed by atoms with Crippen molar-refractivity contribution in [3.05, 3.63) is 73.6 Å². The second-order valence-corrected chi connectivity index (χ2v) is 10.4. The molecule has 0 saturated heterocycles. The molecule has 0 N–H and O–H groups in total. The zero-order valence-electron chi connectivity index (χ0n) is 17.4. The van der Waals surface area contributed by atoms with E-state index in [9.17, 15) is 9.59 Å². The highest BCUT2D eigenvalue weighted by atomic mass is 35.5. The van der Waals surface area contributed by atoms with Gasteiger partial charge in [0, 0.05) is 22.5 Å². The Morgan fingerprint density at radius 1 is 1.09 bits per heavy atom. The summed E-state index contributed by atoms with van der Waals surface area (Å²) in [6.45, 7) is 1.10. The van der Waals surface area contributed by atoms with Crippen LogP contribution in [0.15, 0.2) is 53.2 Å². The minimum Gasteiger partial charge on any atom is -0.491 e. The molecule has 0 bridgehead atoms. The Kier molecular flexibility index (Phi) is 6.22. The molecule has 3 aromatic rings. The van der Waals surface area contributed by atoms with Crippen LogP contribution in [0.4, 0.5) is 0 Å². The Morgan fingerprint density at radius 2 is 1.91 bits per heavy atom. The number of thiophene rings is 2. The van der Waals surface area contributed by atoms with Crippen LogP contribution >= 0.6 is 34.3 Å². The van der Waals surface area contributed by atoms with Crippen molar-refractivity contribution >= 4 is 46.1 Å². The molecule has 32 heavy (non-hydrogen) atoms. The van der Waals surface area contributed by atoms with Crippen LogP contribution in [-0.2, 0) is 11.2 Å². The third-order valence-corrected chi connectivity index (χ3v) is 8.03. The van der Waals surface area contributed by atoms with Crippen molar-refractivity contribution in [2.45, 2.75) is 31.3 Å². The van der Waals surface area contributed by atoms with Crippen molar-refractivity contribution in [3.8, 4) is 5.75 Å². The van der Waals surface area contributed by atoms with Crippen molar-refractivity contribution in [3.63, 3.8) is 0 Å². The van der Waals surface area contributed by atoms with Gasteiger partial charge in [-0.1, -0.05) is 17.7 Å². The van der Waals surface area contributed by atoms with E-state index in [2.05, 4.69) is 11.4 Å². The summed E-state index contributed by atoms with van der Waals surface area (Å²) in [6, 6.07) is 13.0. The maximum absolute atomic E-state index is 13.5. The molecule has 0 radical (unpaired) electrons. The number of hydrogen-bond acceptors (Lipinski definition) is 5. The minimum absolute atomic E-state index is 0.0247. The average molecular weight is 487 g/mol. The van der Waals surface area contributed by atoms with Gasteiger partial charge in [0.1, 0.15) is 18.9 Å². The maximum atomic E-state index is 13.5. The molecule has 8 heteroatoms. The molecule has 5 rings (SSSR count). The van der Waals surface area contributed by atoms with E-state index in [1.807, 2.05) is 34.5 Å². The summed E-state index contributed by atoms with van der Waals surface area (Å²) in [5.74, 6) is 0.651. The van der Waals surface area contributed by atoms with Crippen LogP contribution in [0.1, 0.15) is 39.0 Å². The molecule has 166 valence electrons. The second-order valence-electron chi connectivity index (χ2n) is 8.06. The number of amides is 2. The second kappa shape index (κ2) is 9.25. The molecule has 2 aliphatic rings. The average Bonchev–Trinajstić information content (AvgIpc) is 3.28. The highest BCUT2D eigenvalue weighted by Gasteiger charge is 2.38. The van der Waals surface area contributed by atoms with Gasteiger partial charge in [0.15, 0.2) is 0 Å². The highest BCUT2D eigenvalue weighted by Crippen LogP contribution is 2.35. The Labute approximate surface area is 200 Å². The summed E-state index contributed by atoms with van der Waals surface area (Å²) < 4.78 is 6.05. The summed E-state index contributed by atoms with van der Waals surface area (Å²) in [5, 5.41) is 4.63. The molecule has 0 unspecified atom stereocenters. The molecule has 1 aliphatic heterocycles. The molecule has 1 aliphatic carbocycles. The van der Waals surface area contributed by atoms with Gasteiger partial charge in [0.05, 0.1) is 10.9 Å². The first-order chi connectivity index (χ1) is 15.6. The van der Waals surface area contributed by atoms with Gasteiger partial charge >= 0.3 is 0 Å². The lowest BCUT2D eigenvalue weighted by Crippen LogP contribution is -2.48. The molecule has 1 fully saturated rings. The fourth-order valence-electron chi connectivity index (χ4n) is 4.11. The minimum atomic E-state index is -0.175. The predicted molar refractivity (Wildman–Crippen MR) is 128 cm³/mol. The lowest BCUT2D eigenvalue weighted by atomic mass is 10.0. The van der Waals surface area contributed by atoms with Crippen LogP contribution in [0.25, 0.3) is 0 Å². The quantitative estimate of drug-likeness (QED) is 0.457. The first kappa shape index (κ1) is 21.5. The third-order valence-electron chi connectivity index (χ3n) is 5.92. The Bertz CT molecular complexity index is 1090. The number of nitrogens with zero attached hydrogens (tertiary/aromatic N) is 2. The van der Waals surface area contributed by atoms with Crippen LogP contribution in [0.3, 0.4) is 0 Å². The Morgan fingerprint density at radius 3 is 2.62 bits per heavy atom. The molecule has 5 nitrogen and oxygen atoms in total. The first-order valence-electron chi connectivity index (χ1n) is 10.7. The van der Waals surface area contributed by atoms with Crippen molar-refractivity contribution in [2.75, 3.05) is 19.7 Å². The largest absolute Gasteiger partial charge is 0.491 e. The SMILES string of the molecule is O=C(c1cccs1)N(CC(=O)N1CCc2sccc2[C@@H]1COc1ccc(Cl)cc1)C1CC1. The van der Waals surface area contributed by atoms with Crippen LogP contribution < -0.4 is 4.74 Å². The smallest absolute Gasteiger partial charge is 0.264 e. The lowest BCUT2D eigenvalue weighted by molar-refractivity contribution is -0.135. The van der Waals surface area contributed by atoms with E-state index in [1.54, 1.807) is 28.4 Å². The van der Waals surface area contributed by atoms with Crippen molar-refractivity contribution in [1.82, 2.24) is 9.80 Å². The number of carbonyl (C=O) groups excluding carboxylic acids is 2. The van der Waals surface area contributed by atoms with Crippen LogP contribution in [-0.4, -0.2) is 47.4 Å². The van der Waals surface area contributed by atoms with Gasteiger partial charge in [-0.05, 0) is 72.0 Å². The molecule has 3 heterocycles. The molecular formula is C24H23ClN2O3S2. The van der Waals surface area contributed by atoms with Gasteiger partial charge in [-0.15, -0.1) is 22.7 Å². The predicted octanol–water partition coefficient (Wildman–Crippen LogP) is 5.27. The summed E-state index contributed by atoms with van der Waals surface area (Å²) >= 11 is 9.13. The Hall–Kier alpha value is -2.35. The van der Waals surface area contributed by atoms with E-state index in [0.717, 1.165) is 30.6 Å². The third kappa shape index (κ3) is 4.56. The van der Waals surface area contributed by atoms with E-state index >= 15 is 0 Å². The number of halogens is 1. The maximum Gasteiger partial charge on any atom is 0.264 e. The van der Waals surface area contributed by atoms with Crippen molar-refractivity contribution < 1.29 is 14.3 Å². The van der Waals surface area contributed by atoms with E-state index in [1.165, 1.54) is 16.2 Å². The molecular weight excluding hydrogens is 464 g/mol. The number of carbonyl (C=O) groups is 2. The van der Waals surface area contributed by atoms with Crippen molar-refractivity contribution in [2.24, 2.45) is 0 Å². The van der Waals surface area contributed by atoms with E-state index in [0.29, 0.717) is 23.1 Å². The number of ether oxygens (including phenoxy) is 1. The first-order valence-corrected chi connectivity index (χ1v) is 12.8. The topological polar surface area (TPSA) is 49.9 Å². The molecule has 1 saturated carbocycles. The van der Waals surface area contributed by atoms with Gasteiger partial charge in [-0.3, -0.25) is 9.59 Å². The Balaban J connectivity index is 1.33. The van der Waals surface area contributed by atoms with Gasteiger partial charge in [-0.25, -0.2) is 0 Å². The highest BCUT2D eigenvalue weighted by molar-refractivity contribution is 7.12. The number of rotatable bonds is 7. The number of fused-ring (bicyclic) bond motifs is 1. The molecule has 1 aromatic carbocycles. The van der Waals surface area contributed by atoms with Gasteiger partial charge in [0.25, 0.3) is 5.91 Å². The van der Waals surface area contributed by atoms with E-state index in [-0.39, 0.29) is 30.4 Å². The molecule has 1 atom stereocenters.